The first-order valence-corrected chi connectivity index (χ1v) is 9.59. The van der Waals surface area contributed by atoms with Gasteiger partial charge in [-0.25, -0.2) is 4.39 Å². The summed E-state index contributed by atoms with van der Waals surface area (Å²) in [7, 11) is 3.21. The standard InChI is InChI=1S/C24H22FNO4/c1-28-19-6-3-16(4-7-19)23(15-30-21-10-8-20(29-2)9-11-21)26-14-17-13-18(25)5-12-22(17)24(26)27/h3-13,23H,14-15H2,1-2H3. The molecule has 0 spiro atoms. The van der Waals surface area contributed by atoms with Crippen LogP contribution in [0.15, 0.2) is 66.7 Å². The minimum atomic E-state index is -0.348. The fourth-order valence-electron chi connectivity index (χ4n) is 3.60. The van der Waals surface area contributed by atoms with Crippen LogP contribution < -0.4 is 14.2 Å². The normalized spacial score (nSPS) is 13.7. The van der Waals surface area contributed by atoms with Gasteiger partial charge in [0.25, 0.3) is 5.91 Å². The van der Waals surface area contributed by atoms with Crippen molar-refractivity contribution in [2.24, 2.45) is 0 Å². The van der Waals surface area contributed by atoms with Gasteiger partial charge in [0.2, 0.25) is 0 Å². The summed E-state index contributed by atoms with van der Waals surface area (Å²) in [5.74, 6) is 1.65. The van der Waals surface area contributed by atoms with Crippen molar-refractivity contribution in [1.82, 2.24) is 4.90 Å². The number of ether oxygens (including phenoxy) is 3. The van der Waals surface area contributed by atoms with Gasteiger partial charge in [0.05, 0.1) is 20.3 Å². The van der Waals surface area contributed by atoms with Crippen molar-refractivity contribution in [2.75, 3.05) is 20.8 Å². The van der Waals surface area contributed by atoms with Gasteiger partial charge in [0.15, 0.2) is 0 Å². The van der Waals surface area contributed by atoms with Crippen LogP contribution >= 0.6 is 0 Å². The molecule has 1 amide bonds. The average molecular weight is 407 g/mol. The van der Waals surface area contributed by atoms with Crippen LogP contribution in [-0.4, -0.2) is 31.6 Å². The number of rotatable bonds is 7. The van der Waals surface area contributed by atoms with Crippen molar-refractivity contribution in [2.45, 2.75) is 12.6 Å². The van der Waals surface area contributed by atoms with Crippen LogP contribution in [0, 0.1) is 5.82 Å². The minimum Gasteiger partial charge on any atom is -0.497 e. The van der Waals surface area contributed by atoms with Crippen LogP contribution in [-0.2, 0) is 6.54 Å². The van der Waals surface area contributed by atoms with E-state index in [1.54, 1.807) is 25.2 Å². The van der Waals surface area contributed by atoms with E-state index in [0.29, 0.717) is 23.4 Å². The second-order valence-electron chi connectivity index (χ2n) is 7.01. The molecule has 30 heavy (non-hydrogen) atoms. The molecule has 6 heteroatoms. The van der Waals surface area contributed by atoms with Gasteiger partial charge in [-0.15, -0.1) is 0 Å². The largest absolute Gasteiger partial charge is 0.497 e. The highest BCUT2D eigenvalue weighted by molar-refractivity contribution is 5.98. The van der Waals surface area contributed by atoms with Gasteiger partial charge >= 0.3 is 0 Å². The van der Waals surface area contributed by atoms with Crippen molar-refractivity contribution in [1.29, 1.82) is 0 Å². The summed E-state index contributed by atoms with van der Waals surface area (Å²) in [5, 5.41) is 0. The second-order valence-corrected chi connectivity index (χ2v) is 7.01. The van der Waals surface area contributed by atoms with E-state index >= 15 is 0 Å². The fourth-order valence-corrected chi connectivity index (χ4v) is 3.60. The van der Waals surface area contributed by atoms with E-state index in [0.717, 1.165) is 17.1 Å². The van der Waals surface area contributed by atoms with Crippen molar-refractivity contribution < 1.29 is 23.4 Å². The number of methoxy groups -OCH3 is 2. The summed E-state index contributed by atoms with van der Waals surface area (Å²) in [6, 6.07) is 18.7. The van der Waals surface area contributed by atoms with Crippen LogP contribution in [0.1, 0.15) is 27.5 Å². The number of benzene rings is 3. The highest BCUT2D eigenvalue weighted by Crippen LogP contribution is 2.33. The summed E-state index contributed by atoms with van der Waals surface area (Å²) >= 11 is 0. The van der Waals surface area contributed by atoms with E-state index in [1.807, 2.05) is 48.5 Å². The molecule has 154 valence electrons. The Morgan fingerprint density at radius 2 is 1.50 bits per heavy atom. The monoisotopic (exact) mass is 407 g/mol. The maximum Gasteiger partial charge on any atom is 0.255 e. The number of hydrogen-bond donors (Lipinski definition) is 0. The predicted molar refractivity (Wildman–Crippen MR) is 110 cm³/mol. The van der Waals surface area contributed by atoms with Gasteiger partial charge in [-0.3, -0.25) is 4.79 Å². The Hall–Kier alpha value is -3.54. The number of carbonyl (C=O) groups excluding carboxylic acids is 1. The number of halogens is 1. The van der Waals surface area contributed by atoms with Crippen molar-refractivity contribution in [3.8, 4) is 17.2 Å². The van der Waals surface area contributed by atoms with Crippen LogP contribution in [0.25, 0.3) is 0 Å². The molecule has 1 atom stereocenters. The summed E-state index contributed by atoms with van der Waals surface area (Å²) in [5.41, 5.74) is 2.12. The first-order valence-electron chi connectivity index (χ1n) is 9.59. The summed E-state index contributed by atoms with van der Waals surface area (Å²) < 4.78 is 30.1. The molecule has 5 nitrogen and oxygen atoms in total. The first kappa shape index (κ1) is 19.8. The molecule has 1 aliphatic heterocycles. The molecule has 0 saturated heterocycles. The van der Waals surface area contributed by atoms with E-state index < -0.39 is 0 Å². The van der Waals surface area contributed by atoms with Crippen LogP contribution in [0.3, 0.4) is 0 Å². The predicted octanol–water partition coefficient (Wildman–Crippen LogP) is 4.62. The smallest absolute Gasteiger partial charge is 0.255 e. The number of fused-ring (bicyclic) bond motifs is 1. The third kappa shape index (κ3) is 3.94. The molecule has 0 N–H and O–H groups in total. The number of carbonyl (C=O) groups is 1. The molecule has 0 saturated carbocycles. The van der Waals surface area contributed by atoms with E-state index in [4.69, 9.17) is 14.2 Å². The second kappa shape index (κ2) is 8.45. The van der Waals surface area contributed by atoms with Gasteiger partial charge in [-0.2, -0.15) is 0 Å². The Labute approximate surface area is 174 Å². The van der Waals surface area contributed by atoms with Crippen molar-refractivity contribution >= 4 is 5.91 Å². The van der Waals surface area contributed by atoms with E-state index in [1.165, 1.54) is 12.1 Å². The van der Waals surface area contributed by atoms with E-state index in [9.17, 15) is 9.18 Å². The molecule has 0 radical (unpaired) electrons. The molecule has 3 aromatic carbocycles. The average Bonchev–Trinajstić information content (AvgIpc) is 3.10. The van der Waals surface area contributed by atoms with E-state index in [-0.39, 0.29) is 24.4 Å². The Kier molecular flexibility index (Phi) is 5.57. The molecule has 1 aliphatic rings. The minimum absolute atomic E-state index is 0.135. The molecule has 3 aromatic rings. The quantitative estimate of drug-likeness (QED) is 0.574. The molecular formula is C24H22FNO4. The Morgan fingerprint density at radius 1 is 0.900 bits per heavy atom. The van der Waals surface area contributed by atoms with Crippen LogP contribution in [0.5, 0.6) is 17.2 Å². The first-order chi connectivity index (χ1) is 14.6. The van der Waals surface area contributed by atoms with Crippen LogP contribution in [0.2, 0.25) is 0 Å². The lowest BCUT2D eigenvalue weighted by Gasteiger charge is -2.28. The highest BCUT2D eigenvalue weighted by atomic mass is 19.1. The molecule has 4 rings (SSSR count). The Balaban J connectivity index is 1.60. The maximum atomic E-state index is 13.7. The molecule has 1 heterocycles. The lowest BCUT2D eigenvalue weighted by Crippen LogP contribution is -2.33. The third-order valence-corrected chi connectivity index (χ3v) is 5.24. The zero-order valence-electron chi connectivity index (χ0n) is 16.8. The zero-order valence-corrected chi connectivity index (χ0v) is 16.8. The highest BCUT2D eigenvalue weighted by Gasteiger charge is 2.34. The summed E-state index contributed by atoms with van der Waals surface area (Å²) in [4.78, 5) is 14.8. The Bertz CT molecular complexity index is 1030. The molecular weight excluding hydrogens is 385 g/mol. The van der Waals surface area contributed by atoms with Gasteiger partial charge in [-0.05, 0) is 65.7 Å². The molecule has 0 bridgehead atoms. The SMILES string of the molecule is COc1ccc(OCC(c2ccc(OC)cc2)N2Cc3cc(F)ccc3C2=O)cc1. The van der Waals surface area contributed by atoms with Crippen molar-refractivity contribution in [3.05, 3.63) is 89.2 Å². The zero-order chi connectivity index (χ0) is 21.1. The van der Waals surface area contributed by atoms with Gasteiger partial charge < -0.3 is 19.1 Å². The number of hydrogen-bond acceptors (Lipinski definition) is 4. The molecule has 1 unspecified atom stereocenters. The summed E-state index contributed by atoms with van der Waals surface area (Å²) in [6.45, 7) is 0.579. The fraction of sp³-hybridized carbons (Fsp3) is 0.208. The van der Waals surface area contributed by atoms with Crippen molar-refractivity contribution in [3.63, 3.8) is 0 Å². The van der Waals surface area contributed by atoms with E-state index in [2.05, 4.69) is 0 Å². The van der Waals surface area contributed by atoms with Gasteiger partial charge in [0, 0.05) is 12.1 Å². The maximum absolute atomic E-state index is 13.7. The number of amides is 1. The van der Waals surface area contributed by atoms with Gasteiger partial charge in [-0.1, -0.05) is 12.1 Å². The van der Waals surface area contributed by atoms with Gasteiger partial charge in [0.1, 0.15) is 29.7 Å². The molecule has 0 aromatic heterocycles. The molecule has 0 aliphatic carbocycles. The lowest BCUT2D eigenvalue weighted by molar-refractivity contribution is 0.0635. The Morgan fingerprint density at radius 3 is 2.13 bits per heavy atom. The topological polar surface area (TPSA) is 48.0 Å². The van der Waals surface area contributed by atoms with Crippen LogP contribution in [0.4, 0.5) is 4.39 Å². The summed E-state index contributed by atoms with van der Waals surface area (Å²) in [6.07, 6.45) is 0. The number of nitrogens with zero attached hydrogens (tertiary/aromatic N) is 1. The lowest BCUT2D eigenvalue weighted by atomic mass is 10.1. The third-order valence-electron chi connectivity index (χ3n) is 5.24. The molecule has 0 fully saturated rings.